The first-order chi connectivity index (χ1) is 9.74. The molecule has 21 heavy (non-hydrogen) atoms. The van der Waals surface area contributed by atoms with Crippen LogP contribution in [0.4, 0.5) is 0 Å². The Balaban J connectivity index is 2.95. The average molecular weight is 309 g/mol. The van der Waals surface area contributed by atoms with Crippen LogP contribution < -0.4 is 5.32 Å². The normalized spacial score (nSPS) is 12.0. The van der Waals surface area contributed by atoms with E-state index in [1.165, 1.54) is 19.2 Å². The predicted octanol–water partition coefficient (Wildman–Crippen LogP) is -0.231. The minimum atomic E-state index is -3.51. The predicted molar refractivity (Wildman–Crippen MR) is 75.8 cm³/mol. The van der Waals surface area contributed by atoms with Crippen molar-refractivity contribution in [3.05, 3.63) is 35.9 Å². The molecule has 0 heterocycles. The minimum Gasteiger partial charge on any atom is -0.339 e. The Morgan fingerprint density at radius 1 is 1.33 bits per heavy atom. The summed E-state index contributed by atoms with van der Waals surface area (Å²) < 4.78 is 22.7. The monoisotopic (exact) mass is 309 g/mol. The molecule has 1 unspecified atom stereocenters. The fraction of sp³-hybridized carbons (Fsp3) is 0.308. The summed E-state index contributed by atoms with van der Waals surface area (Å²) in [6.45, 7) is 0. The molecule has 1 atom stereocenters. The fourth-order valence-corrected chi connectivity index (χ4v) is 2.42. The SMILES string of the molecule is CN(C#N)C(=O)C(CS(C)(=O)=O)NC(=O)c1ccccc1. The molecule has 0 radical (unpaired) electrons. The number of carbonyl (C=O) groups excluding carboxylic acids is 2. The molecule has 1 aromatic carbocycles. The molecule has 0 aromatic heterocycles. The number of amides is 2. The van der Waals surface area contributed by atoms with Gasteiger partial charge in [-0.1, -0.05) is 18.2 Å². The molecule has 7 nitrogen and oxygen atoms in total. The molecular formula is C13H15N3O4S. The van der Waals surface area contributed by atoms with Crippen molar-refractivity contribution in [1.29, 1.82) is 5.26 Å². The first-order valence-electron chi connectivity index (χ1n) is 5.95. The van der Waals surface area contributed by atoms with Crippen LogP contribution in [-0.4, -0.2) is 50.2 Å². The third-order valence-electron chi connectivity index (χ3n) is 2.59. The van der Waals surface area contributed by atoms with Crippen LogP contribution in [0, 0.1) is 11.5 Å². The van der Waals surface area contributed by atoms with Crippen molar-refractivity contribution in [1.82, 2.24) is 10.2 Å². The molecular weight excluding hydrogens is 294 g/mol. The number of hydrogen-bond acceptors (Lipinski definition) is 5. The van der Waals surface area contributed by atoms with Crippen molar-refractivity contribution >= 4 is 21.7 Å². The van der Waals surface area contributed by atoms with Gasteiger partial charge in [0.1, 0.15) is 15.9 Å². The zero-order valence-electron chi connectivity index (χ0n) is 11.6. The van der Waals surface area contributed by atoms with E-state index in [0.717, 1.165) is 6.26 Å². The van der Waals surface area contributed by atoms with Crippen LogP contribution in [0.5, 0.6) is 0 Å². The standard InChI is InChI=1S/C13H15N3O4S/c1-16(9-14)13(18)11(8-21(2,19)20)15-12(17)10-6-4-3-5-7-10/h3-7,11H,8H2,1-2H3,(H,15,17). The molecule has 1 rings (SSSR count). The molecule has 0 aliphatic heterocycles. The summed E-state index contributed by atoms with van der Waals surface area (Å²) in [6.07, 6.45) is 2.53. The highest BCUT2D eigenvalue weighted by molar-refractivity contribution is 7.90. The maximum absolute atomic E-state index is 12.0. The summed E-state index contributed by atoms with van der Waals surface area (Å²) in [5, 5.41) is 11.0. The number of carbonyl (C=O) groups is 2. The van der Waals surface area contributed by atoms with Gasteiger partial charge in [-0.05, 0) is 12.1 Å². The zero-order valence-corrected chi connectivity index (χ0v) is 12.4. The molecule has 0 aliphatic rings. The molecule has 8 heteroatoms. The molecule has 1 aromatic rings. The van der Waals surface area contributed by atoms with Crippen molar-refractivity contribution < 1.29 is 18.0 Å². The van der Waals surface area contributed by atoms with E-state index in [-0.39, 0.29) is 0 Å². The lowest BCUT2D eigenvalue weighted by molar-refractivity contribution is -0.128. The Hall–Kier alpha value is -2.40. The Morgan fingerprint density at radius 3 is 2.38 bits per heavy atom. The first-order valence-corrected chi connectivity index (χ1v) is 8.01. The number of likely N-dealkylation sites (N-methyl/N-ethyl adjacent to an activating group) is 1. The lowest BCUT2D eigenvalue weighted by Crippen LogP contribution is -2.49. The molecule has 0 aliphatic carbocycles. The van der Waals surface area contributed by atoms with Gasteiger partial charge in [-0.2, -0.15) is 5.26 Å². The van der Waals surface area contributed by atoms with Gasteiger partial charge in [-0.25, -0.2) is 8.42 Å². The number of hydrogen-bond donors (Lipinski definition) is 1. The van der Waals surface area contributed by atoms with Crippen LogP contribution >= 0.6 is 0 Å². The van der Waals surface area contributed by atoms with Gasteiger partial charge in [0.25, 0.3) is 11.8 Å². The van der Waals surface area contributed by atoms with Crippen molar-refractivity contribution in [2.24, 2.45) is 0 Å². The Kier molecular flexibility index (Phi) is 5.44. The summed E-state index contributed by atoms with van der Waals surface area (Å²) in [5.41, 5.74) is 0.295. The third kappa shape index (κ3) is 5.24. The minimum absolute atomic E-state index is 0.295. The number of nitriles is 1. The molecule has 0 saturated carbocycles. The quantitative estimate of drug-likeness (QED) is 0.597. The van der Waals surface area contributed by atoms with Gasteiger partial charge < -0.3 is 5.32 Å². The lowest BCUT2D eigenvalue weighted by Gasteiger charge is -2.19. The molecule has 0 saturated heterocycles. The van der Waals surface area contributed by atoms with Gasteiger partial charge >= 0.3 is 0 Å². The summed E-state index contributed by atoms with van der Waals surface area (Å²) in [6, 6.07) is 6.76. The summed E-state index contributed by atoms with van der Waals surface area (Å²) in [4.78, 5) is 24.6. The molecule has 1 N–H and O–H groups in total. The summed E-state index contributed by atoms with van der Waals surface area (Å²) in [5.74, 6) is -1.94. The zero-order chi connectivity index (χ0) is 16.0. The highest BCUT2D eigenvalue weighted by Gasteiger charge is 2.28. The second kappa shape index (κ2) is 6.85. The smallest absolute Gasteiger partial charge is 0.258 e. The topological polar surface area (TPSA) is 107 Å². The lowest BCUT2D eigenvalue weighted by atomic mass is 10.2. The van der Waals surface area contributed by atoms with E-state index in [4.69, 9.17) is 5.26 Å². The van der Waals surface area contributed by atoms with Crippen LogP contribution in [0.15, 0.2) is 30.3 Å². The van der Waals surface area contributed by atoms with Gasteiger partial charge in [0.05, 0.1) is 5.75 Å². The summed E-state index contributed by atoms with van der Waals surface area (Å²) in [7, 11) is -2.31. The highest BCUT2D eigenvalue weighted by atomic mass is 32.2. The van der Waals surface area contributed by atoms with E-state index in [9.17, 15) is 18.0 Å². The maximum Gasteiger partial charge on any atom is 0.258 e. The van der Waals surface area contributed by atoms with E-state index >= 15 is 0 Å². The van der Waals surface area contributed by atoms with E-state index in [1.54, 1.807) is 24.4 Å². The van der Waals surface area contributed by atoms with Crippen molar-refractivity contribution in [2.45, 2.75) is 6.04 Å². The molecule has 2 amide bonds. The van der Waals surface area contributed by atoms with Gasteiger partial charge in [-0.15, -0.1) is 0 Å². The highest BCUT2D eigenvalue weighted by Crippen LogP contribution is 2.02. The van der Waals surface area contributed by atoms with E-state index in [0.29, 0.717) is 10.5 Å². The van der Waals surface area contributed by atoms with Crippen molar-refractivity contribution in [3.8, 4) is 6.19 Å². The second-order valence-corrected chi connectivity index (χ2v) is 6.67. The van der Waals surface area contributed by atoms with E-state index in [2.05, 4.69) is 5.32 Å². The number of rotatable bonds is 5. The van der Waals surface area contributed by atoms with Gasteiger partial charge in [0.2, 0.25) is 0 Å². The molecule has 0 spiro atoms. The summed E-state index contributed by atoms with van der Waals surface area (Å²) >= 11 is 0. The maximum atomic E-state index is 12.0. The van der Waals surface area contributed by atoms with E-state index < -0.39 is 33.4 Å². The molecule has 0 bridgehead atoms. The number of nitrogens with zero attached hydrogens (tertiary/aromatic N) is 2. The second-order valence-electron chi connectivity index (χ2n) is 4.48. The third-order valence-corrected chi connectivity index (χ3v) is 3.53. The van der Waals surface area contributed by atoms with Crippen molar-refractivity contribution in [2.75, 3.05) is 19.1 Å². The van der Waals surface area contributed by atoms with Crippen LogP contribution in [0.25, 0.3) is 0 Å². The van der Waals surface area contributed by atoms with Crippen LogP contribution in [-0.2, 0) is 14.6 Å². The van der Waals surface area contributed by atoms with Crippen LogP contribution in [0.2, 0.25) is 0 Å². The average Bonchev–Trinajstić information content (AvgIpc) is 2.44. The first kappa shape index (κ1) is 16.7. The largest absolute Gasteiger partial charge is 0.339 e. The van der Waals surface area contributed by atoms with E-state index in [1.807, 2.05) is 0 Å². The van der Waals surface area contributed by atoms with Crippen LogP contribution in [0.3, 0.4) is 0 Å². The number of sulfone groups is 1. The van der Waals surface area contributed by atoms with Gasteiger partial charge in [0, 0.05) is 18.9 Å². The Labute approximate surface area is 123 Å². The Bertz CT molecular complexity index is 664. The molecule has 0 fully saturated rings. The molecule has 112 valence electrons. The fourth-order valence-electron chi connectivity index (χ4n) is 1.59. The van der Waals surface area contributed by atoms with Crippen LogP contribution in [0.1, 0.15) is 10.4 Å². The number of nitrogens with one attached hydrogen (secondary N) is 1. The number of benzene rings is 1. The van der Waals surface area contributed by atoms with Gasteiger partial charge in [0.15, 0.2) is 6.19 Å². The Morgan fingerprint density at radius 2 is 1.90 bits per heavy atom. The van der Waals surface area contributed by atoms with Gasteiger partial charge in [-0.3, -0.25) is 14.5 Å². The van der Waals surface area contributed by atoms with Crippen molar-refractivity contribution in [3.63, 3.8) is 0 Å².